The predicted molar refractivity (Wildman–Crippen MR) is 249 cm³/mol. The van der Waals surface area contributed by atoms with E-state index in [1.165, 1.54) is 28.5 Å². The highest BCUT2D eigenvalue weighted by molar-refractivity contribution is 7.99. The monoisotopic (exact) mass is 948 g/mol. The lowest BCUT2D eigenvalue weighted by Gasteiger charge is -2.20. The molecule has 5 rings (SSSR count). The lowest BCUT2D eigenvalue weighted by atomic mass is 10.1. The van der Waals surface area contributed by atoms with Crippen molar-refractivity contribution in [2.45, 2.75) is 112 Å². The highest BCUT2D eigenvalue weighted by Gasteiger charge is 2.38. The summed E-state index contributed by atoms with van der Waals surface area (Å²) < 4.78 is 30.5. The first-order chi connectivity index (χ1) is 29.3. The Morgan fingerprint density at radius 2 is 1.40 bits per heavy atom. The SMILES string of the molecule is CC(C)C(=O)Nc1ccc(Cl)c(Cl)c1.COc1cc(NS(=O)(=O)C(C)C)nc(C)n1.Cc1cc(C)nc(SC(C)C)n1.Cc1ccc(N2CC(=O)N(C(C)C)C2=O)cc1C.O=C=O. The van der Waals surface area contributed by atoms with E-state index in [0.29, 0.717) is 32.7 Å². The van der Waals surface area contributed by atoms with Gasteiger partial charge in [-0.3, -0.25) is 24.1 Å². The van der Waals surface area contributed by atoms with E-state index in [2.05, 4.69) is 43.8 Å². The van der Waals surface area contributed by atoms with Crippen molar-refractivity contribution in [3.8, 4) is 5.88 Å². The lowest BCUT2D eigenvalue weighted by molar-refractivity contribution is -0.191. The van der Waals surface area contributed by atoms with E-state index in [1.807, 2.05) is 79.7 Å². The maximum absolute atomic E-state index is 12.2. The molecule has 0 unspecified atom stereocenters. The normalized spacial score (nSPS) is 12.0. The number of hydrogen-bond donors (Lipinski definition) is 2. The number of thioether (sulfide) groups is 1. The highest BCUT2D eigenvalue weighted by atomic mass is 35.5. The number of methoxy groups -OCH3 is 1. The minimum absolute atomic E-state index is 0.0385. The van der Waals surface area contributed by atoms with Crippen molar-refractivity contribution in [3.63, 3.8) is 0 Å². The van der Waals surface area contributed by atoms with Crippen molar-refractivity contribution in [1.29, 1.82) is 0 Å². The quantitative estimate of drug-likeness (QED) is 0.0864. The summed E-state index contributed by atoms with van der Waals surface area (Å²) in [5, 5.41) is 4.57. The molecule has 2 N–H and O–H groups in total. The van der Waals surface area contributed by atoms with Gasteiger partial charge in [-0.2, -0.15) is 14.6 Å². The van der Waals surface area contributed by atoms with Gasteiger partial charge in [-0.1, -0.05) is 68.7 Å². The molecule has 0 spiro atoms. The van der Waals surface area contributed by atoms with Crippen molar-refractivity contribution in [3.05, 3.63) is 86.9 Å². The molecular weight excluding hydrogens is 892 g/mol. The summed E-state index contributed by atoms with van der Waals surface area (Å²) >= 11 is 13.2. The number of carbonyl (C=O) groups is 3. The van der Waals surface area contributed by atoms with Crippen LogP contribution in [0.1, 0.15) is 83.7 Å². The number of amides is 4. The molecule has 1 fully saturated rings. The number of halogens is 2. The van der Waals surface area contributed by atoms with Crippen molar-refractivity contribution >= 4 is 86.2 Å². The fourth-order valence-corrected chi connectivity index (χ4v) is 6.64. The average molecular weight is 950 g/mol. The number of nitrogens with one attached hydrogen (secondary N) is 2. The molecule has 63 heavy (non-hydrogen) atoms. The first-order valence-electron chi connectivity index (χ1n) is 19.6. The standard InChI is InChI=1S/C14H18N2O2.C10H11Cl2NO.C9H15N3O3S.C9H14N2S.CO2/c1-9(2)16-13(17)8-15(14(16)18)12-6-5-10(3)11(4)7-12;1-6(2)10(14)13-7-3-4-8(11)9(12)5-7;1-6(2)16(13,14)12-8-5-9(15-4)11-7(3)10-8;1-6(2)12-9-10-7(3)5-8(4)11-9;2-1-3/h5-7,9H,8H2,1-4H3;3-6H,1-2H3,(H,13,14);5-6H,1-4H3,(H,10,11,12);5-6H,1-4H3;. The van der Waals surface area contributed by atoms with Gasteiger partial charge in [0.25, 0.3) is 5.91 Å². The molecule has 344 valence electrons. The number of benzene rings is 2. The van der Waals surface area contributed by atoms with Crippen molar-refractivity contribution < 1.29 is 37.1 Å². The number of hydrogen-bond acceptors (Lipinski definition) is 13. The van der Waals surface area contributed by atoms with Gasteiger partial charge in [-0.15, -0.1) is 0 Å². The molecule has 2 aromatic heterocycles. The number of rotatable bonds is 10. The number of aromatic nitrogens is 4. The first-order valence-corrected chi connectivity index (χ1v) is 22.8. The van der Waals surface area contributed by atoms with Crippen LogP contribution in [0.2, 0.25) is 10.0 Å². The molecule has 0 saturated carbocycles. The van der Waals surface area contributed by atoms with Crippen molar-refractivity contribution in [2.75, 3.05) is 28.6 Å². The topological polar surface area (TPSA) is 211 Å². The minimum atomic E-state index is -3.39. The molecule has 4 aromatic rings. The average Bonchev–Trinajstić information content (AvgIpc) is 3.47. The number of sulfonamides is 1. The summed E-state index contributed by atoms with van der Waals surface area (Å²) in [6, 6.07) is 13.9. The maximum atomic E-state index is 12.2. The van der Waals surface area contributed by atoms with E-state index >= 15 is 0 Å². The van der Waals surface area contributed by atoms with Crippen LogP contribution in [-0.2, 0) is 29.2 Å². The van der Waals surface area contributed by atoms with Crippen LogP contribution in [0.4, 0.5) is 22.0 Å². The van der Waals surface area contributed by atoms with Gasteiger partial charge < -0.3 is 10.1 Å². The van der Waals surface area contributed by atoms with Crippen LogP contribution in [0.3, 0.4) is 0 Å². The number of nitrogens with zero attached hydrogens (tertiary/aromatic N) is 6. The fraction of sp³-hybridized carbons (Fsp3) is 0.442. The molecular formula is C43H58Cl2N8O8S2. The van der Waals surface area contributed by atoms with Gasteiger partial charge in [0.15, 0.2) is 5.16 Å². The second-order valence-corrected chi connectivity index (χ2v) is 19.6. The van der Waals surface area contributed by atoms with E-state index in [9.17, 15) is 22.8 Å². The van der Waals surface area contributed by atoms with E-state index in [1.54, 1.807) is 50.7 Å². The van der Waals surface area contributed by atoms with Gasteiger partial charge in [0.05, 0.1) is 22.4 Å². The molecule has 3 heterocycles. The molecule has 16 nitrogen and oxygen atoms in total. The zero-order valence-electron chi connectivity index (χ0n) is 38.2. The second-order valence-electron chi connectivity index (χ2n) is 15.0. The highest BCUT2D eigenvalue weighted by Crippen LogP contribution is 2.26. The Morgan fingerprint density at radius 1 is 0.810 bits per heavy atom. The molecule has 0 bridgehead atoms. The predicted octanol–water partition coefficient (Wildman–Crippen LogP) is 9.02. The molecule has 1 aliphatic rings. The molecule has 20 heteroatoms. The van der Waals surface area contributed by atoms with Crippen LogP contribution in [0.15, 0.2) is 53.7 Å². The van der Waals surface area contributed by atoms with E-state index in [-0.39, 0.29) is 48.3 Å². The second kappa shape index (κ2) is 26.5. The maximum Gasteiger partial charge on any atom is 0.373 e. The third-order valence-corrected chi connectivity index (χ3v) is 11.6. The number of anilines is 3. The van der Waals surface area contributed by atoms with Gasteiger partial charge in [-0.25, -0.2) is 28.2 Å². The zero-order valence-corrected chi connectivity index (χ0v) is 41.3. The summed E-state index contributed by atoms with van der Waals surface area (Å²) in [6.45, 7) is 24.6. The fourth-order valence-electron chi connectivity index (χ4n) is 4.90. The summed E-state index contributed by atoms with van der Waals surface area (Å²) in [5.74, 6) is 0.772. The summed E-state index contributed by atoms with van der Waals surface area (Å²) in [5.41, 5.74) is 5.85. The number of carbonyl (C=O) groups excluding carboxylic acids is 5. The Labute approximate surface area is 385 Å². The third kappa shape index (κ3) is 19.4. The van der Waals surface area contributed by atoms with Crippen LogP contribution >= 0.6 is 35.0 Å². The zero-order chi connectivity index (χ0) is 48.4. The van der Waals surface area contributed by atoms with Gasteiger partial charge >= 0.3 is 12.2 Å². The molecule has 0 aliphatic carbocycles. The number of imide groups is 1. The van der Waals surface area contributed by atoms with Crippen LogP contribution in [0, 0.1) is 40.5 Å². The van der Waals surface area contributed by atoms with Crippen molar-refractivity contribution in [2.24, 2.45) is 5.92 Å². The Kier molecular flexibility index (Phi) is 23.5. The summed E-state index contributed by atoms with van der Waals surface area (Å²) in [4.78, 5) is 71.0. The van der Waals surface area contributed by atoms with Crippen LogP contribution in [0.25, 0.3) is 0 Å². The smallest absolute Gasteiger partial charge is 0.373 e. The molecule has 0 atom stereocenters. The van der Waals surface area contributed by atoms with Gasteiger partial charge in [0, 0.05) is 46.0 Å². The molecule has 1 aliphatic heterocycles. The van der Waals surface area contributed by atoms with Gasteiger partial charge in [0.2, 0.25) is 21.8 Å². The van der Waals surface area contributed by atoms with E-state index in [0.717, 1.165) is 27.8 Å². The minimum Gasteiger partial charge on any atom is -0.481 e. The largest absolute Gasteiger partial charge is 0.481 e. The number of aryl methyl sites for hydroxylation is 5. The summed E-state index contributed by atoms with van der Waals surface area (Å²) in [7, 11) is -1.93. The Balaban J connectivity index is 0.000000415. The molecule has 0 radical (unpaired) electrons. The van der Waals surface area contributed by atoms with Crippen molar-refractivity contribution in [1.82, 2.24) is 24.8 Å². The van der Waals surface area contributed by atoms with E-state index in [4.69, 9.17) is 37.5 Å². The van der Waals surface area contributed by atoms with Crippen LogP contribution in [0.5, 0.6) is 5.88 Å². The van der Waals surface area contributed by atoms with Gasteiger partial charge in [0.1, 0.15) is 18.2 Å². The molecule has 2 aromatic carbocycles. The Bertz CT molecular complexity index is 2300. The van der Waals surface area contributed by atoms with Crippen LogP contribution < -0.4 is 19.7 Å². The van der Waals surface area contributed by atoms with Gasteiger partial charge in [-0.05, 0) is 110 Å². The number of urea groups is 1. The Hall–Kier alpha value is -5.13. The Morgan fingerprint density at radius 3 is 1.86 bits per heavy atom. The molecule has 1 saturated heterocycles. The van der Waals surface area contributed by atoms with E-state index < -0.39 is 15.3 Å². The lowest BCUT2D eigenvalue weighted by Crippen LogP contribution is -2.38. The first kappa shape index (κ1) is 55.9. The molecule has 4 amide bonds. The number of ether oxygens (including phenoxy) is 1. The third-order valence-electron chi connectivity index (χ3n) is 8.22. The van der Waals surface area contributed by atoms with Crippen LogP contribution in [-0.4, -0.2) is 87.4 Å². The summed E-state index contributed by atoms with van der Waals surface area (Å²) in [6.07, 6.45) is 0.250.